The van der Waals surface area contributed by atoms with Crippen LogP contribution in [0.3, 0.4) is 0 Å². The summed E-state index contributed by atoms with van der Waals surface area (Å²) in [6, 6.07) is 11.5. The Morgan fingerprint density at radius 1 is 1.21 bits per heavy atom. The third kappa shape index (κ3) is 6.49. The number of carbonyl (C=O) groups is 1. The Bertz CT molecular complexity index is 1110. The number of aryl methyl sites for hydroxylation is 1. The molecule has 1 amide bonds. The van der Waals surface area contributed by atoms with Gasteiger partial charge in [0.25, 0.3) is 0 Å². The van der Waals surface area contributed by atoms with Gasteiger partial charge in [0.15, 0.2) is 0 Å². The third-order valence-electron chi connectivity index (χ3n) is 4.99. The number of ether oxygens (including phenoxy) is 1. The number of nitrogens with zero attached hydrogens (tertiary/aromatic N) is 2. The smallest absolute Gasteiger partial charge is 0.416 e. The van der Waals surface area contributed by atoms with E-state index in [2.05, 4.69) is 10.4 Å². The number of aliphatic hydroxyl groups excluding tert-OH is 1. The van der Waals surface area contributed by atoms with Crippen LogP contribution in [-0.2, 0) is 17.4 Å². The molecular formula is C23H23ClF3N3O3. The summed E-state index contributed by atoms with van der Waals surface area (Å²) in [6.07, 6.45) is -5.52. The predicted octanol–water partition coefficient (Wildman–Crippen LogP) is 4.26. The summed E-state index contributed by atoms with van der Waals surface area (Å²) in [5, 5.41) is 17.8. The molecule has 0 saturated heterocycles. The number of carbonyl (C=O) groups excluding carboxylic acids is 1. The molecule has 0 aliphatic carbocycles. The van der Waals surface area contributed by atoms with Crippen LogP contribution in [0.5, 0.6) is 5.75 Å². The highest BCUT2D eigenvalue weighted by molar-refractivity contribution is 6.30. The molecule has 10 heteroatoms. The van der Waals surface area contributed by atoms with Gasteiger partial charge in [-0.2, -0.15) is 18.3 Å². The summed E-state index contributed by atoms with van der Waals surface area (Å²) in [5.74, 6) is -0.342. The summed E-state index contributed by atoms with van der Waals surface area (Å²) in [4.78, 5) is 12.4. The van der Waals surface area contributed by atoms with Gasteiger partial charge in [-0.1, -0.05) is 17.7 Å². The normalized spacial score (nSPS) is 12.5. The highest BCUT2D eigenvalue weighted by Crippen LogP contribution is 2.31. The first-order chi connectivity index (χ1) is 15.5. The Morgan fingerprint density at radius 3 is 2.58 bits per heavy atom. The van der Waals surface area contributed by atoms with E-state index in [0.717, 1.165) is 29.1 Å². The first-order valence-corrected chi connectivity index (χ1v) is 10.5. The van der Waals surface area contributed by atoms with Crippen LogP contribution >= 0.6 is 11.6 Å². The highest BCUT2D eigenvalue weighted by Gasteiger charge is 2.30. The number of benzene rings is 2. The molecule has 0 saturated carbocycles. The zero-order valence-corrected chi connectivity index (χ0v) is 18.7. The van der Waals surface area contributed by atoms with Gasteiger partial charge in [-0.25, -0.2) is 4.68 Å². The number of aromatic nitrogens is 2. The lowest BCUT2D eigenvalue weighted by Crippen LogP contribution is -2.36. The van der Waals surface area contributed by atoms with Crippen molar-refractivity contribution in [1.29, 1.82) is 0 Å². The van der Waals surface area contributed by atoms with Crippen molar-refractivity contribution in [3.63, 3.8) is 0 Å². The molecule has 0 radical (unpaired) electrons. The number of rotatable bonds is 8. The van der Waals surface area contributed by atoms with Gasteiger partial charge in [-0.05, 0) is 56.3 Å². The Morgan fingerprint density at radius 2 is 1.91 bits per heavy atom. The van der Waals surface area contributed by atoms with Crippen LogP contribution in [0, 0.1) is 13.8 Å². The fourth-order valence-electron chi connectivity index (χ4n) is 3.23. The standard InChI is InChI=1S/C23H23ClF3N3O3/c1-14-21(15(2)30(29-14)18-8-6-17(24)7-9-18)11-22(32)28-12-19(31)13-33-20-5-3-4-16(10-20)23(25,26)27/h3-10,19,31H,11-13H2,1-2H3,(H,28,32). The SMILES string of the molecule is Cc1nn(-c2ccc(Cl)cc2)c(C)c1CC(=O)NCC(O)COc1cccc(C(F)(F)F)c1. The van der Waals surface area contributed by atoms with Crippen molar-refractivity contribution in [2.45, 2.75) is 32.5 Å². The lowest BCUT2D eigenvalue weighted by atomic mass is 10.1. The zero-order chi connectivity index (χ0) is 24.2. The van der Waals surface area contributed by atoms with E-state index in [9.17, 15) is 23.1 Å². The topological polar surface area (TPSA) is 76.4 Å². The molecular weight excluding hydrogens is 459 g/mol. The van der Waals surface area contributed by atoms with Crippen LogP contribution in [0.15, 0.2) is 48.5 Å². The number of hydrogen-bond donors (Lipinski definition) is 2. The molecule has 33 heavy (non-hydrogen) atoms. The molecule has 1 aromatic heterocycles. The van der Waals surface area contributed by atoms with E-state index in [0.29, 0.717) is 10.7 Å². The highest BCUT2D eigenvalue weighted by atomic mass is 35.5. The van der Waals surface area contributed by atoms with Crippen molar-refractivity contribution in [3.05, 3.63) is 76.1 Å². The second kappa shape index (κ2) is 10.3. The number of hydrogen-bond acceptors (Lipinski definition) is 4. The molecule has 6 nitrogen and oxygen atoms in total. The molecule has 1 heterocycles. The lowest BCUT2D eigenvalue weighted by Gasteiger charge is -2.14. The summed E-state index contributed by atoms with van der Waals surface area (Å²) in [7, 11) is 0. The van der Waals surface area contributed by atoms with Crippen LogP contribution in [0.4, 0.5) is 13.2 Å². The molecule has 0 spiro atoms. The zero-order valence-electron chi connectivity index (χ0n) is 18.0. The minimum Gasteiger partial charge on any atom is -0.491 e. The van der Waals surface area contributed by atoms with Gasteiger partial charge in [-0.15, -0.1) is 0 Å². The molecule has 176 valence electrons. The molecule has 1 unspecified atom stereocenters. The molecule has 2 aromatic carbocycles. The first kappa shape index (κ1) is 24.6. The van der Waals surface area contributed by atoms with E-state index in [4.69, 9.17) is 16.3 Å². The second-order valence-electron chi connectivity index (χ2n) is 7.51. The Balaban J connectivity index is 1.53. The predicted molar refractivity (Wildman–Crippen MR) is 118 cm³/mol. The van der Waals surface area contributed by atoms with E-state index in [1.54, 1.807) is 23.7 Å². The number of amides is 1. The summed E-state index contributed by atoms with van der Waals surface area (Å²) < 4.78 is 45.2. The van der Waals surface area contributed by atoms with Crippen molar-refractivity contribution in [2.75, 3.05) is 13.2 Å². The van der Waals surface area contributed by atoms with Gasteiger partial charge in [-0.3, -0.25) is 4.79 Å². The maximum absolute atomic E-state index is 12.8. The molecule has 0 bridgehead atoms. The molecule has 1 atom stereocenters. The fourth-order valence-corrected chi connectivity index (χ4v) is 3.36. The van der Waals surface area contributed by atoms with E-state index < -0.39 is 17.8 Å². The van der Waals surface area contributed by atoms with Gasteiger partial charge < -0.3 is 15.2 Å². The molecule has 0 aliphatic rings. The van der Waals surface area contributed by atoms with Crippen molar-refractivity contribution < 1.29 is 27.8 Å². The van der Waals surface area contributed by atoms with Gasteiger partial charge in [0.05, 0.1) is 23.4 Å². The van der Waals surface area contributed by atoms with Gasteiger partial charge in [0.2, 0.25) is 5.91 Å². The monoisotopic (exact) mass is 481 g/mol. The Labute approximate surface area is 193 Å². The second-order valence-corrected chi connectivity index (χ2v) is 7.95. The molecule has 0 fully saturated rings. The van der Waals surface area contributed by atoms with Gasteiger partial charge >= 0.3 is 6.18 Å². The number of nitrogens with one attached hydrogen (secondary N) is 1. The number of halogens is 4. The molecule has 3 rings (SSSR count). The molecule has 3 aromatic rings. The van der Waals surface area contributed by atoms with E-state index in [-0.39, 0.29) is 31.2 Å². The van der Waals surface area contributed by atoms with Crippen molar-refractivity contribution in [1.82, 2.24) is 15.1 Å². The van der Waals surface area contributed by atoms with Crippen LogP contribution in [0.2, 0.25) is 5.02 Å². The van der Waals surface area contributed by atoms with Gasteiger partial charge in [0, 0.05) is 22.8 Å². The fraction of sp³-hybridized carbons (Fsp3) is 0.304. The number of aliphatic hydroxyl groups is 1. The quantitative estimate of drug-likeness (QED) is 0.504. The Hall–Kier alpha value is -3.04. The minimum absolute atomic E-state index is 0.0175. The van der Waals surface area contributed by atoms with Crippen LogP contribution in [-0.4, -0.2) is 40.0 Å². The lowest BCUT2D eigenvalue weighted by molar-refractivity contribution is -0.137. The van der Waals surface area contributed by atoms with E-state index in [1.807, 2.05) is 19.1 Å². The summed E-state index contributed by atoms with van der Waals surface area (Å²) >= 11 is 5.93. The Kier molecular flexibility index (Phi) is 7.65. The molecule has 2 N–H and O–H groups in total. The van der Waals surface area contributed by atoms with Gasteiger partial charge in [0.1, 0.15) is 18.5 Å². The summed E-state index contributed by atoms with van der Waals surface area (Å²) in [6.45, 7) is 3.28. The summed E-state index contributed by atoms with van der Waals surface area (Å²) in [5.41, 5.74) is 2.24. The molecule has 0 aliphatic heterocycles. The average molecular weight is 482 g/mol. The maximum atomic E-state index is 12.8. The van der Waals surface area contributed by atoms with E-state index >= 15 is 0 Å². The van der Waals surface area contributed by atoms with E-state index in [1.165, 1.54) is 12.1 Å². The van der Waals surface area contributed by atoms with Crippen molar-refractivity contribution in [2.24, 2.45) is 0 Å². The average Bonchev–Trinajstić information content (AvgIpc) is 3.04. The minimum atomic E-state index is -4.48. The van der Waals surface area contributed by atoms with Crippen molar-refractivity contribution >= 4 is 17.5 Å². The van der Waals surface area contributed by atoms with Crippen LogP contribution in [0.25, 0.3) is 5.69 Å². The maximum Gasteiger partial charge on any atom is 0.416 e. The van der Waals surface area contributed by atoms with Crippen molar-refractivity contribution in [3.8, 4) is 11.4 Å². The third-order valence-corrected chi connectivity index (χ3v) is 5.24. The number of alkyl halides is 3. The largest absolute Gasteiger partial charge is 0.491 e. The van der Waals surface area contributed by atoms with Crippen LogP contribution < -0.4 is 10.1 Å². The first-order valence-electron chi connectivity index (χ1n) is 10.1. The van der Waals surface area contributed by atoms with Crippen LogP contribution in [0.1, 0.15) is 22.5 Å².